The van der Waals surface area contributed by atoms with E-state index in [0.717, 1.165) is 61.3 Å². The molecule has 3 nitrogen and oxygen atoms in total. The summed E-state index contributed by atoms with van der Waals surface area (Å²) in [6.07, 6.45) is 0. The largest absolute Gasteiger partial charge is 0.236 e. The van der Waals surface area contributed by atoms with Crippen molar-refractivity contribution in [2.45, 2.75) is 0 Å². The van der Waals surface area contributed by atoms with E-state index in [1.807, 2.05) is 0 Å². The molecule has 6 heteroatoms. The first-order valence-electron chi connectivity index (χ1n) is 10.5. The molecule has 0 fully saturated rings. The van der Waals surface area contributed by atoms with Gasteiger partial charge >= 0.3 is 0 Å². The van der Waals surface area contributed by atoms with Crippen LogP contribution in [0.25, 0.3) is 61.3 Å². The van der Waals surface area contributed by atoms with Crippen LogP contribution in [-0.4, -0.2) is 15.0 Å². The summed E-state index contributed by atoms with van der Waals surface area (Å²) >= 11 is 5.00. The maximum Gasteiger partial charge on any atom is 0.117 e. The van der Waals surface area contributed by atoms with Crippen molar-refractivity contribution >= 4 is 95.3 Å². The predicted molar refractivity (Wildman–Crippen MR) is 145 cm³/mol. The summed E-state index contributed by atoms with van der Waals surface area (Å²) in [6, 6.07) is 31.7. The first-order valence-corrected chi connectivity index (χ1v) is 13.0. The van der Waals surface area contributed by atoms with Gasteiger partial charge in [0.05, 0.1) is 30.6 Å². The molecule has 6 bridgehead atoms. The zero-order chi connectivity index (χ0) is 21.8. The Morgan fingerprint density at radius 1 is 0.364 bits per heavy atom. The molecule has 4 heterocycles. The van der Waals surface area contributed by atoms with Crippen LogP contribution in [0.3, 0.4) is 0 Å². The number of aromatic nitrogens is 3. The molecule has 0 saturated carbocycles. The van der Waals surface area contributed by atoms with E-state index in [4.69, 9.17) is 15.0 Å². The van der Waals surface area contributed by atoms with E-state index in [1.54, 1.807) is 34.0 Å². The third kappa shape index (κ3) is 3.35. The minimum Gasteiger partial charge on any atom is -0.236 e. The predicted octanol–water partition coefficient (Wildman–Crippen LogP) is 8.66. The Morgan fingerprint density at radius 3 is 1.03 bits per heavy atom. The van der Waals surface area contributed by atoms with Crippen molar-refractivity contribution in [1.82, 2.24) is 15.0 Å². The van der Waals surface area contributed by atoms with E-state index in [9.17, 15) is 0 Å². The molecule has 0 aliphatic rings. The van der Waals surface area contributed by atoms with E-state index < -0.39 is 0 Å². The van der Waals surface area contributed by atoms with Crippen molar-refractivity contribution in [3.8, 4) is 0 Å². The fourth-order valence-electron chi connectivity index (χ4n) is 4.06. The van der Waals surface area contributed by atoms with E-state index in [-0.39, 0.29) is 0 Å². The van der Waals surface area contributed by atoms with Gasteiger partial charge in [-0.15, -0.1) is 34.0 Å². The second kappa shape index (κ2) is 7.56. The molecule has 0 unspecified atom stereocenters. The standard InChI is InChI=1S/C27H15N3S3/c1-4-16-10-13-23-28-25(16)19(7-1)31-22-14-11-17-5-2-8-20(26(17)29-22)33-24-15-12-18-6-3-9-21(32-23)27(18)30-24/h1-15H. The number of hydrogen-bond acceptors (Lipinski definition) is 6. The Morgan fingerprint density at radius 2 is 0.697 bits per heavy atom. The molecule has 0 N–H and O–H groups in total. The van der Waals surface area contributed by atoms with Crippen LogP contribution in [0.5, 0.6) is 0 Å². The van der Waals surface area contributed by atoms with Gasteiger partial charge in [-0.25, -0.2) is 15.0 Å². The van der Waals surface area contributed by atoms with Crippen LogP contribution in [0.15, 0.2) is 91.0 Å². The van der Waals surface area contributed by atoms with E-state index in [2.05, 4.69) is 91.0 Å². The molecule has 4 aromatic heterocycles. The molecule has 0 saturated heterocycles. The molecule has 7 aromatic rings. The van der Waals surface area contributed by atoms with Gasteiger partial charge < -0.3 is 0 Å². The zero-order valence-corrected chi connectivity index (χ0v) is 19.7. The van der Waals surface area contributed by atoms with Gasteiger partial charge in [0.15, 0.2) is 0 Å². The van der Waals surface area contributed by atoms with Crippen LogP contribution in [0.4, 0.5) is 0 Å². The summed E-state index contributed by atoms with van der Waals surface area (Å²) in [4.78, 5) is 18.0. The molecule has 7 rings (SSSR count). The number of fused-ring (bicyclic) bond motifs is 3. The lowest BCUT2D eigenvalue weighted by molar-refractivity contribution is 1.54. The molecular weight excluding hydrogens is 463 g/mol. The van der Waals surface area contributed by atoms with Crippen LogP contribution in [-0.2, 0) is 0 Å². The Balaban J connectivity index is 1.77. The average molecular weight is 478 g/mol. The molecule has 0 atom stereocenters. The van der Waals surface area contributed by atoms with E-state index in [1.165, 1.54) is 0 Å². The molecule has 0 spiro atoms. The average Bonchev–Trinajstić information content (AvgIpc) is 2.85. The fourth-order valence-corrected chi connectivity index (χ4v) is 6.78. The lowest BCUT2D eigenvalue weighted by Crippen LogP contribution is -1.79. The van der Waals surface area contributed by atoms with Gasteiger partial charge in [0.25, 0.3) is 0 Å². The van der Waals surface area contributed by atoms with Crippen LogP contribution < -0.4 is 0 Å². The number of rotatable bonds is 0. The van der Waals surface area contributed by atoms with Crippen molar-refractivity contribution in [2.75, 3.05) is 0 Å². The molecule has 0 aliphatic carbocycles. The Hall–Kier alpha value is -3.45. The molecule has 0 radical (unpaired) electrons. The van der Waals surface area contributed by atoms with Gasteiger partial charge in [-0.05, 0) is 54.6 Å². The Bertz CT molecular complexity index is 1720. The highest BCUT2D eigenvalue weighted by Gasteiger charge is 2.04. The lowest BCUT2D eigenvalue weighted by Gasteiger charge is -2.00. The molecule has 33 heavy (non-hydrogen) atoms. The highest BCUT2D eigenvalue weighted by Crippen LogP contribution is 2.30. The molecule has 156 valence electrons. The quantitative estimate of drug-likeness (QED) is 0.219. The highest BCUT2D eigenvalue weighted by molar-refractivity contribution is 7.24. The first-order chi connectivity index (χ1) is 16.3. The second-order valence-corrected chi connectivity index (χ2v) is 10.9. The summed E-state index contributed by atoms with van der Waals surface area (Å²) in [5.74, 6) is 0. The number of nitrogens with zero attached hydrogens (tertiary/aromatic N) is 3. The van der Waals surface area contributed by atoms with Gasteiger partial charge in [-0.1, -0.05) is 36.4 Å². The topological polar surface area (TPSA) is 38.7 Å². The summed E-state index contributed by atoms with van der Waals surface area (Å²) in [5, 5.41) is 3.39. The molecule has 0 amide bonds. The third-order valence-electron chi connectivity index (χ3n) is 5.62. The van der Waals surface area contributed by atoms with Gasteiger partial charge in [-0.3, -0.25) is 0 Å². The van der Waals surface area contributed by atoms with Gasteiger partial charge in [-0.2, -0.15) is 0 Å². The van der Waals surface area contributed by atoms with E-state index in [0.29, 0.717) is 0 Å². The van der Waals surface area contributed by atoms with Crippen molar-refractivity contribution in [2.24, 2.45) is 0 Å². The normalized spacial score (nSPS) is 11.6. The summed E-state index contributed by atoms with van der Waals surface area (Å²) < 4.78 is 3.33. The first kappa shape index (κ1) is 19.1. The maximum absolute atomic E-state index is 5.05. The minimum absolute atomic E-state index is 0.962. The smallest absolute Gasteiger partial charge is 0.117 e. The van der Waals surface area contributed by atoms with Crippen molar-refractivity contribution in [1.29, 1.82) is 0 Å². The molecular formula is C27H15N3S3. The highest BCUT2D eigenvalue weighted by atomic mass is 32.1. The van der Waals surface area contributed by atoms with Gasteiger partial charge in [0.1, 0.15) is 14.5 Å². The number of hydrogen-bond donors (Lipinski definition) is 0. The van der Waals surface area contributed by atoms with E-state index >= 15 is 0 Å². The number of benzene rings is 3. The van der Waals surface area contributed by atoms with Crippen molar-refractivity contribution in [3.63, 3.8) is 0 Å². The SMILES string of the molecule is c1cc2ccc3nc2c(c1)sc1ccc2cccc(sc4ccc5cccc(s3)c5n4)c2n1. The number of para-hydroxylation sites is 3. The lowest BCUT2D eigenvalue weighted by atomic mass is 10.2. The second-order valence-electron chi connectivity index (χ2n) is 7.74. The maximum atomic E-state index is 5.05. The van der Waals surface area contributed by atoms with Crippen LogP contribution in [0.2, 0.25) is 0 Å². The van der Waals surface area contributed by atoms with Gasteiger partial charge in [0, 0.05) is 16.2 Å². The van der Waals surface area contributed by atoms with Crippen LogP contribution >= 0.6 is 34.0 Å². The molecule has 3 aromatic carbocycles. The summed E-state index contributed by atoms with van der Waals surface area (Å²) in [6.45, 7) is 0. The Labute approximate surface area is 200 Å². The van der Waals surface area contributed by atoms with Gasteiger partial charge in [0.2, 0.25) is 0 Å². The monoisotopic (exact) mass is 477 g/mol. The van der Waals surface area contributed by atoms with Crippen molar-refractivity contribution < 1.29 is 0 Å². The molecule has 0 aliphatic heterocycles. The fraction of sp³-hybridized carbons (Fsp3) is 0. The Kier molecular flexibility index (Phi) is 4.36. The van der Waals surface area contributed by atoms with Crippen LogP contribution in [0, 0.1) is 0 Å². The zero-order valence-electron chi connectivity index (χ0n) is 17.2. The third-order valence-corrected chi connectivity index (χ3v) is 8.57. The minimum atomic E-state index is 0.962. The summed E-state index contributed by atoms with van der Waals surface area (Å²) in [7, 11) is 0. The van der Waals surface area contributed by atoms with Crippen LogP contribution in [0.1, 0.15) is 0 Å². The van der Waals surface area contributed by atoms with Crippen molar-refractivity contribution in [3.05, 3.63) is 91.0 Å². The number of pyridine rings is 3. The summed E-state index contributed by atoms with van der Waals surface area (Å²) in [5.41, 5.74) is 3.00.